The van der Waals surface area contributed by atoms with Crippen LogP contribution in [0.2, 0.25) is 0 Å². The van der Waals surface area contributed by atoms with E-state index in [1.807, 2.05) is 12.1 Å². The standard InChI is InChI=1S/C16H19NO4/c1-11(16(19)17-13-6-7-13)21-15(18)10-5-12-3-8-14(20-2)9-4-12/h3-5,8-11,13H,6-7H2,1-2H3,(H,17,19)/b10-5+/t11-/m1/s1. The number of benzene rings is 1. The van der Waals surface area contributed by atoms with Gasteiger partial charge in [0, 0.05) is 12.1 Å². The molecule has 0 aromatic heterocycles. The summed E-state index contributed by atoms with van der Waals surface area (Å²) in [5.74, 6) is -0.0342. The lowest BCUT2D eigenvalue weighted by Crippen LogP contribution is -2.36. The van der Waals surface area contributed by atoms with Crippen LogP contribution in [0.15, 0.2) is 30.3 Å². The van der Waals surface area contributed by atoms with Crippen molar-refractivity contribution in [3.05, 3.63) is 35.9 Å². The Bertz CT molecular complexity index is 532. The van der Waals surface area contributed by atoms with Crippen molar-refractivity contribution in [1.29, 1.82) is 0 Å². The summed E-state index contributed by atoms with van der Waals surface area (Å²) in [5, 5.41) is 2.79. The minimum Gasteiger partial charge on any atom is -0.497 e. The van der Waals surface area contributed by atoms with Gasteiger partial charge >= 0.3 is 5.97 Å². The summed E-state index contributed by atoms with van der Waals surface area (Å²) < 4.78 is 10.1. The number of hydrogen-bond donors (Lipinski definition) is 1. The number of esters is 1. The fourth-order valence-electron chi connectivity index (χ4n) is 1.69. The van der Waals surface area contributed by atoms with Gasteiger partial charge in [0.25, 0.3) is 5.91 Å². The highest BCUT2D eigenvalue weighted by Gasteiger charge is 2.26. The lowest BCUT2D eigenvalue weighted by molar-refractivity contribution is -0.150. The van der Waals surface area contributed by atoms with Gasteiger partial charge in [-0.15, -0.1) is 0 Å². The molecule has 5 heteroatoms. The van der Waals surface area contributed by atoms with Gasteiger partial charge in [-0.05, 0) is 43.5 Å². The summed E-state index contributed by atoms with van der Waals surface area (Å²) in [6.07, 6.45) is 4.17. The molecule has 2 rings (SSSR count). The van der Waals surface area contributed by atoms with E-state index in [1.54, 1.807) is 32.2 Å². The summed E-state index contributed by atoms with van der Waals surface area (Å²) in [6, 6.07) is 7.51. The van der Waals surface area contributed by atoms with E-state index in [1.165, 1.54) is 6.08 Å². The summed E-state index contributed by atoms with van der Waals surface area (Å²) in [6.45, 7) is 1.57. The molecule has 0 unspecified atom stereocenters. The molecule has 1 atom stereocenters. The fourth-order valence-corrected chi connectivity index (χ4v) is 1.69. The molecule has 1 aromatic carbocycles. The topological polar surface area (TPSA) is 64.6 Å². The Morgan fingerprint density at radius 3 is 2.52 bits per heavy atom. The Morgan fingerprint density at radius 1 is 1.29 bits per heavy atom. The van der Waals surface area contributed by atoms with Crippen molar-refractivity contribution in [3.8, 4) is 5.75 Å². The Hall–Kier alpha value is -2.30. The van der Waals surface area contributed by atoms with Crippen LogP contribution in [0.1, 0.15) is 25.3 Å². The van der Waals surface area contributed by atoms with Crippen LogP contribution in [-0.4, -0.2) is 31.1 Å². The van der Waals surface area contributed by atoms with Gasteiger partial charge < -0.3 is 14.8 Å². The highest BCUT2D eigenvalue weighted by molar-refractivity contribution is 5.90. The predicted molar refractivity (Wildman–Crippen MR) is 78.7 cm³/mol. The van der Waals surface area contributed by atoms with E-state index < -0.39 is 12.1 Å². The average molecular weight is 289 g/mol. The quantitative estimate of drug-likeness (QED) is 0.642. The molecule has 1 fully saturated rings. The Kier molecular flexibility index (Phi) is 4.98. The number of methoxy groups -OCH3 is 1. The number of ether oxygens (including phenoxy) is 2. The zero-order valence-electron chi connectivity index (χ0n) is 12.2. The van der Waals surface area contributed by atoms with Crippen LogP contribution < -0.4 is 10.1 Å². The molecule has 1 aliphatic rings. The molecule has 1 N–H and O–H groups in total. The second kappa shape index (κ2) is 6.92. The predicted octanol–water partition coefficient (Wildman–Crippen LogP) is 1.92. The minimum atomic E-state index is -0.779. The van der Waals surface area contributed by atoms with Crippen molar-refractivity contribution >= 4 is 18.0 Å². The molecule has 0 saturated heterocycles. The Balaban J connectivity index is 1.81. The van der Waals surface area contributed by atoms with Gasteiger partial charge in [0.1, 0.15) is 5.75 Å². The molecule has 5 nitrogen and oxygen atoms in total. The molecule has 1 saturated carbocycles. The van der Waals surface area contributed by atoms with Gasteiger partial charge in [-0.3, -0.25) is 4.79 Å². The van der Waals surface area contributed by atoms with E-state index in [9.17, 15) is 9.59 Å². The van der Waals surface area contributed by atoms with Crippen molar-refractivity contribution in [2.24, 2.45) is 0 Å². The maximum atomic E-state index is 11.6. The number of carbonyl (C=O) groups excluding carboxylic acids is 2. The average Bonchev–Trinajstić information content (AvgIpc) is 3.29. The second-order valence-electron chi connectivity index (χ2n) is 4.97. The third-order valence-electron chi connectivity index (χ3n) is 3.11. The smallest absolute Gasteiger partial charge is 0.331 e. The lowest BCUT2D eigenvalue weighted by Gasteiger charge is -2.11. The Morgan fingerprint density at radius 2 is 1.95 bits per heavy atom. The minimum absolute atomic E-state index is 0.247. The van der Waals surface area contributed by atoms with E-state index >= 15 is 0 Å². The summed E-state index contributed by atoms with van der Waals surface area (Å²) in [5.41, 5.74) is 0.850. The van der Waals surface area contributed by atoms with E-state index in [0.29, 0.717) is 0 Å². The summed E-state index contributed by atoms with van der Waals surface area (Å²) >= 11 is 0. The molecule has 0 spiro atoms. The lowest BCUT2D eigenvalue weighted by atomic mass is 10.2. The van der Waals surface area contributed by atoms with Crippen LogP contribution in [0, 0.1) is 0 Å². The molecular formula is C16H19NO4. The monoisotopic (exact) mass is 289 g/mol. The zero-order valence-corrected chi connectivity index (χ0v) is 12.2. The maximum Gasteiger partial charge on any atom is 0.331 e. The van der Waals surface area contributed by atoms with E-state index in [-0.39, 0.29) is 11.9 Å². The molecule has 1 aromatic rings. The van der Waals surface area contributed by atoms with Crippen molar-refractivity contribution in [1.82, 2.24) is 5.32 Å². The zero-order chi connectivity index (χ0) is 15.2. The normalized spacial score (nSPS) is 15.5. The van der Waals surface area contributed by atoms with Crippen LogP contribution in [0.5, 0.6) is 5.75 Å². The molecule has 0 aliphatic heterocycles. The number of hydrogen-bond acceptors (Lipinski definition) is 4. The van der Waals surface area contributed by atoms with Gasteiger partial charge in [0.2, 0.25) is 0 Å². The van der Waals surface area contributed by atoms with Crippen LogP contribution in [0.25, 0.3) is 6.08 Å². The maximum absolute atomic E-state index is 11.6. The number of nitrogens with one attached hydrogen (secondary N) is 1. The second-order valence-corrected chi connectivity index (χ2v) is 4.97. The van der Waals surface area contributed by atoms with Gasteiger partial charge in [-0.25, -0.2) is 4.79 Å². The molecule has 112 valence electrons. The van der Waals surface area contributed by atoms with Crippen LogP contribution >= 0.6 is 0 Å². The molecule has 1 amide bonds. The van der Waals surface area contributed by atoms with E-state index in [4.69, 9.17) is 9.47 Å². The van der Waals surface area contributed by atoms with Gasteiger partial charge in [0.15, 0.2) is 6.10 Å². The van der Waals surface area contributed by atoms with Crippen molar-refractivity contribution < 1.29 is 19.1 Å². The van der Waals surface area contributed by atoms with Gasteiger partial charge in [-0.2, -0.15) is 0 Å². The van der Waals surface area contributed by atoms with E-state index in [0.717, 1.165) is 24.2 Å². The van der Waals surface area contributed by atoms with Crippen molar-refractivity contribution in [2.75, 3.05) is 7.11 Å². The van der Waals surface area contributed by atoms with Crippen LogP contribution in [0.3, 0.4) is 0 Å². The largest absolute Gasteiger partial charge is 0.497 e. The molecule has 0 heterocycles. The SMILES string of the molecule is COc1ccc(/C=C/C(=O)O[C@H](C)C(=O)NC2CC2)cc1. The van der Waals surface area contributed by atoms with Gasteiger partial charge in [0.05, 0.1) is 7.11 Å². The first-order chi connectivity index (χ1) is 10.1. The first kappa shape index (κ1) is 15.1. The summed E-state index contributed by atoms with van der Waals surface area (Å²) in [7, 11) is 1.59. The molecule has 1 aliphatic carbocycles. The van der Waals surface area contributed by atoms with Crippen LogP contribution in [-0.2, 0) is 14.3 Å². The van der Waals surface area contributed by atoms with Gasteiger partial charge in [-0.1, -0.05) is 12.1 Å². The fraction of sp³-hybridized carbons (Fsp3) is 0.375. The highest BCUT2D eigenvalue weighted by Crippen LogP contribution is 2.18. The molecular weight excluding hydrogens is 270 g/mol. The first-order valence-corrected chi connectivity index (χ1v) is 6.91. The molecule has 21 heavy (non-hydrogen) atoms. The van der Waals surface area contributed by atoms with Crippen LogP contribution in [0.4, 0.5) is 0 Å². The highest BCUT2D eigenvalue weighted by atomic mass is 16.5. The van der Waals surface area contributed by atoms with E-state index in [2.05, 4.69) is 5.32 Å². The Labute approximate surface area is 123 Å². The van der Waals surface area contributed by atoms with Crippen molar-refractivity contribution in [3.63, 3.8) is 0 Å². The third kappa shape index (κ3) is 4.95. The molecule has 0 bridgehead atoms. The summed E-state index contributed by atoms with van der Waals surface area (Å²) in [4.78, 5) is 23.3. The number of amides is 1. The van der Waals surface area contributed by atoms with Crippen molar-refractivity contribution in [2.45, 2.75) is 31.9 Å². The molecule has 0 radical (unpaired) electrons. The third-order valence-corrected chi connectivity index (χ3v) is 3.11. The number of carbonyl (C=O) groups is 2. The first-order valence-electron chi connectivity index (χ1n) is 6.91. The number of rotatable bonds is 6.